The van der Waals surface area contributed by atoms with Crippen LogP contribution < -0.4 is 14.4 Å². The third kappa shape index (κ3) is 7.61. The predicted octanol–water partition coefficient (Wildman–Crippen LogP) is 4.07. The van der Waals surface area contributed by atoms with Crippen LogP contribution in [-0.2, 0) is 19.1 Å². The maximum Gasteiger partial charge on any atom is 0.348 e. The minimum Gasteiger partial charge on any atom is -0.493 e. The number of carbonyl (C=O) groups is 2. The van der Waals surface area contributed by atoms with E-state index in [4.69, 9.17) is 14.7 Å². The van der Waals surface area contributed by atoms with E-state index in [0.29, 0.717) is 30.2 Å². The van der Waals surface area contributed by atoms with Gasteiger partial charge in [0.1, 0.15) is 29.9 Å². The molecule has 0 aliphatic carbocycles. The highest BCUT2D eigenvalue weighted by atomic mass is 16.5. The lowest BCUT2D eigenvalue weighted by atomic mass is 10.0. The van der Waals surface area contributed by atoms with Crippen molar-refractivity contribution in [1.82, 2.24) is 0 Å². The predicted molar refractivity (Wildman–Crippen MR) is 139 cm³/mol. The SMILES string of the molecule is CCN(CCOc1ccc(C=C(C#N)C(=O)OC)cc1OC)c1ccc(C=C(C#N)C(=O)OC)c(C)c1. The lowest BCUT2D eigenvalue weighted by Crippen LogP contribution is -2.28. The van der Waals surface area contributed by atoms with E-state index < -0.39 is 11.9 Å². The Kier molecular flexibility index (Phi) is 10.7. The summed E-state index contributed by atoms with van der Waals surface area (Å²) >= 11 is 0. The largest absolute Gasteiger partial charge is 0.493 e. The van der Waals surface area contributed by atoms with E-state index in [0.717, 1.165) is 23.4 Å². The molecule has 0 aliphatic heterocycles. The molecule has 0 spiro atoms. The second-order valence-electron chi connectivity index (χ2n) is 7.70. The number of carbonyl (C=O) groups excluding carboxylic acids is 2. The summed E-state index contributed by atoms with van der Waals surface area (Å²) < 4.78 is 20.6. The number of hydrogen-bond acceptors (Lipinski definition) is 9. The highest BCUT2D eigenvalue weighted by Gasteiger charge is 2.13. The number of ether oxygens (including phenoxy) is 4. The van der Waals surface area contributed by atoms with Crippen molar-refractivity contribution in [3.63, 3.8) is 0 Å². The standard InChI is InChI=1S/C28H29N3O6/c1-6-31(24-9-8-21(19(2)13-24)16-23(18-30)28(33)36-5)11-12-37-25-10-7-20(15-26(25)34-3)14-22(17-29)27(32)35-4/h7-10,13-16H,6,11-12H2,1-5H3. The molecule has 0 radical (unpaired) electrons. The average molecular weight is 504 g/mol. The molecule has 2 rings (SSSR count). The molecule has 2 aromatic carbocycles. The van der Waals surface area contributed by atoms with E-state index in [2.05, 4.69) is 14.4 Å². The fourth-order valence-corrected chi connectivity index (χ4v) is 3.46. The normalized spacial score (nSPS) is 11.1. The van der Waals surface area contributed by atoms with Gasteiger partial charge in [-0.1, -0.05) is 12.1 Å². The lowest BCUT2D eigenvalue weighted by Gasteiger charge is -2.24. The first-order chi connectivity index (χ1) is 17.8. The summed E-state index contributed by atoms with van der Waals surface area (Å²) in [6.45, 7) is 5.62. The van der Waals surface area contributed by atoms with Gasteiger partial charge in [-0.05, 0) is 67.0 Å². The zero-order valence-corrected chi connectivity index (χ0v) is 21.5. The number of rotatable bonds is 11. The van der Waals surface area contributed by atoms with Crippen molar-refractivity contribution >= 4 is 29.8 Å². The van der Waals surface area contributed by atoms with Crippen LogP contribution in [0.1, 0.15) is 23.6 Å². The number of methoxy groups -OCH3 is 3. The molecule has 0 fully saturated rings. The molecule has 0 aliphatic rings. The van der Waals surface area contributed by atoms with Crippen LogP contribution in [-0.4, -0.2) is 53.0 Å². The molecule has 0 aromatic heterocycles. The molecule has 0 atom stereocenters. The Labute approximate surface area is 216 Å². The van der Waals surface area contributed by atoms with Gasteiger partial charge in [-0.15, -0.1) is 0 Å². The molecule has 192 valence electrons. The molecule has 0 N–H and O–H groups in total. The smallest absolute Gasteiger partial charge is 0.348 e. The van der Waals surface area contributed by atoms with Gasteiger partial charge in [0.15, 0.2) is 11.5 Å². The van der Waals surface area contributed by atoms with E-state index >= 15 is 0 Å². The van der Waals surface area contributed by atoms with Crippen LogP contribution >= 0.6 is 0 Å². The monoisotopic (exact) mass is 503 g/mol. The summed E-state index contributed by atoms with van der Waals surface area (Å²) in [6, 6.07) is 14.5. The maximum atomic E-state index is 11.7. The van der Waals surface area contributed by atoms with Gasteiger partial charge in [-0.3, -0.25) is 0 Å². The Balaban J connectivity index is 2.13. The quantitative estimate of drug-likeness (QED) is 0.254. The Morgan fingerprint density at radius 2 is 1.57 bits per heavy atom. The zero-order valence-electron chi connectivity index (χ0n) is 21.5. The Hall–Kier alpha value is -4.76. The van der Waals surface area contributed by atoms with Crippen molar-refractivity contribution in [2.75, 3.05) is 45.9 Å². The van der Waals surface area contributed by atoms with Gasteiger partial charge < -0.3 is 23.8 Å². The van der Waals surface area contributed by atoms with Gasteiger partial charge >= 0.3 is 11.9 Å². The number of aryl methyl sites for hydroxylation is 1. The van der Waals surface area contributed by atoms with E-state index in [1.807, 2.05) is 44.2 Å². The zero-order chi connectivity index (χ0) is 27.4. The molecule has 0 bridgehead atoms. The third-order valence-electron chi connectivity index (χ3n) is 5.47. The van der Waals surface area contributed by atoms with Crippen LogP contribution in [0.3, 0.4) is 0 Å². The molecular formula is C28H29N3O6. The first kappa shape index (κ1) is 28.5. The highest BCUT2D eigenvalue weighted by Crippen LogP contribution is 2.29. The summed E-state index contributed by atoms with van der Waals surface area (Å²) in [5, 5.41) is 18.4. The lowest BCUT2D eigenvalue weighted by molar-refractivity contribution is -0.136. The van der Waals surface area contributed by atoms with E-state index in [1.165, 1.54) is 33.5 Å². The van der Waals surface area contributed by atoms with Crippen LogP contribution in [0, 0.1) is 29.6 Å². The number of hydrogen-bond donors (Lipinski definition) is 0. The van der Waals surface area contributed by atoms with Crippen molar-refractivity contribution < 1.29 is 28.5 Å². The van der Waals surface area contributed by atoms with E-state index in [9.17, 15) is 14.9 Å². The van der Waals surface area contributed by atoms with Crippen molar-refractivity contribution in [2.24, 2.45) is 0 Å². The Bertz CT molecular complexity index is 1280. The summed E-state index contributed by atoms with van der Waals surface area (Å²) in [5.41, 5.74) is 3.03. The average Bonchev–Trinajstić information content (AvgIpc) is 2.92. The van der Waals surface area contributed by atoms with Crippen LogP contribution in [0.25, 0.3) is 12.2 Å². The van der Waals surface area contributed by atoms with Crippen LogP contribution in [0.4, 0.5) is 5.69 Å². The minimum atomic E-state index is -0.713. The summed E-state index contributed by atoms with van der Waals surface area (Å²) in [4.78, 5) is 25.5. The summed E-state index contributed by atoms with van der Waals surface area (Å²) in [6.07, 6.45) is 2.93. The van der Waals surface area contributed by atoms with Gasteiger partial charge in [-0.25, -0.2) is 9.59 Å². The summed E-state index contributed by atoms with van der Waals surface area (Å²) in [5.74, 6) is -0.401. The van der Waals surface area contributed by atoms with Crippen molar-refractivity contribution in [2.45, 2.75) is 13.8 Å². The first-order valence-electron chi connectivity index (χ1n) is 11.4. The first-order valence-corrected chi connectivity index (χ1v) is 11.4. The van der Waals surface area contributed by atoms with Crippen LogP contribution in [0.5, 0.6) is 11.5 Å². The van der Waals surface area contributed by atoms with Crippen LogP contribution in [0.15, 0.2) is 47.5 Å². The third-order valence-corrected chi connectivity index (χ3v) is 5.47. The van der Waals surface area contributed by atoms with Gasteiger partial charge in [-0.2, -0.15) is 10.5 Å². The number of benzene rings is 2. The fraction of sp³-hybridized carbons (Fsp3) is 0.286. The molecular weight excluding hydrogens is 474 g/mol. The number of nitrogens with zero attached hydrogens (tertiary/aromatic N) is 3. The van der Waals surface area contributed by atoms with E-state index in [1.54, 1.807) is 18.2 Å². The fourth-order valence-electron chi connectivity index (χ4n) is 3.46. The molecule has 0 amide bonds. The number of likely N-dealkylation sites (N-methyl/N-ethyl adjacent to an activating group) is 1. The second-order valence-corrected chi connectivity index (χ2v) is 7.70. The van der Waals surface area contributed by atoms with Crippen molar-refractivity contribution in [3.8, 4) is 23.6 Å². The van der Waals surface area contributed by atoms with Gasteiger partial charge in [0.25, 0.3) is 0 Å². The Morgan fingerprint density at radius 1 is 0.919 bits per heavy atom. The topological polar surface area (TPSA) is 122 Å². The van der Waals surface area contributed by atoms with Crippen LogP contribution in [0.2, 0.25) is 0 Å². The number of esters is 2. The molecule has 2 aromatic rings. The van der Waals surface area contributed by atoms with Gasteiger partial charge in [0.2, 0.25) is 0 Å². The molecule has 0 heterocycles. The van der Waals surface area contributed by atoms with E-state index in [-0.39, 0.29) is 11.1 Å². The molecule has 0 unspecified atom stereocenters. The molecule has 9 heteroatoms. The Morgan fingerprint density at radius 3 is 2.11 bits per heavy atom. The molecule has 0 saturated heterocycles. The maximum absolute atomic E-state index is 11.7. The molecule has 9 nitrogen and oxygen atoms in total. The second kappa shape index (κ2) is 14.0. The molecule has 37 heavy (non-hydrogen) atoms. The van der Waals surface area contributed by atoms with Gasteiger partial charge in [0.05, 0.1) is 27.9 Å². The number of nitriles is 2. The summed E-state index contributed by atoms with van der Waals surface area (Å²) in [7, 11) is 3.96. The highest BCUT2D eigenvalue weighted by molar-refractivity contribution is 5.98. The van der Waals surface area contributed by atoms with Gasteiger partial charge in [0, 0.05) is 12.2 Å². The van der Waals surface area contributed by atoms with Crippen molar-refractivity contribution in [1.29, 1.82) is 10.5 Å². The molecule has 0 saturated carbocycles. The van der Waals surface area contributed by atoms with Crippen molar-refractivity contribution in [3.05, 3.63) is 64.2 Å². The number of anilines is 1. The minimum absolute atomic E-state index is 0.0660.